The first-order chi connectivity index (χ1) is 13.9. The van der Waals surface area contributed by atoms with Crippen LogP contribution in [0.2, 0.25) is 0 Å². The summed E-state index contributed by atoms with van der Waals surface area (Å²) in [7, 11) is 0. The molecule has 3 aliphatic rings. The number of thiophene rings is 1. The summed E-state index contributed by atoms with van der Waals surface area (Å²) in [6.07, 6.45) is 8.02. The van der Waals surface area contributed by atoms with E-state index in [0.29, 0.717) is 29.5 Å². The van der Waals surface area contributed by atoms with Crippen molar-refractivity contribution < 1.29 is 24.2 Å². The molecule has 4 rings (SSSR count). The number of hydrogen-bond donors (Lipinski definition) is 2. The number of rotatable bonds is 6. The monoisotopic (exact) mass is 417 g/mol. The van der Waals surface area contributed by atoms with Crippen LogP contribution in [0.1, 0.15) is 53.9 Å². The van der Waals surface area contributed by atoms with E-state index in [-0.39, 0.29) is 17.7 Å². The zero-order chi connectivity index (χ0) is 20.7. The summed E-state index contributed by atoms with van der Waals surface area (Å²) in [5.41, 5.74) is 1.47. The zero-order valence-corrected chi connectivity index (χ0v) is 17.6. The Morgan fingerprint density at radius 2 is 1.97 bits per heavy atom. The van der Waals surface area contributed by atoms with Gasteiger partial charge in [0.05, 0.1) is 24.0 Å². The van der Waals surface area contributed by atoms with Crippen LogP contribution in [0, 0.1) is 29.6 Å². The van der Waals surface area contributed by atoms with Gasteiger partial charge in [0.25, 0.3) is 0 Å². The number of carboxylic acid groups (broad SMARTS) is 1. The average Bonchev–Trinajstić information content (AvgIpc) is 3.37. The molecular formula is C22H27NO5S. The first-order valence-corrected chi connectivity index (χ1v) is 11.3. The Kier molecular flexibility index (Phi) is 5.51. The third-order valence-corrected chi connectivity index (χ3v) is 7.61. The number of ether oxygens (including phenoxy) is 1. The second-order valence-electron chi connectivity index (χ2n) is 8.52. The van der Waals surface area contributed by atoms with E-state index in [2.05, 4.69) is 12.2 Å². The Balaban J connectivity index is 1.62. The van der Waals surface area contributed by atoms with Crippen LogP contribution < -0.4 is 5.32 Å². The van der Waals surface area contributed by atoms with E-state index in [9.17, 15) is 19.5 Å². The molecule has 1 heterocycles. The number of fused-ring (bicyclic) bond motifs is 3. The highest BCUT2D eigenvalue weighted by Crippen LogP contribution is 2.49. The number of hydrogen-bond acceptors (Lipinski definition) is 5. The summed E-state index contributed by atoms with van der Waals surface area (Å²) in [5, 5.41) is 13.1. The Labute approximate surface area is 174 Å². The van der Waals surface area contributed by atoms with Crippen LogP contribution in [0.3, 0.4) is 0 Å². The molecule has 6 nitrogen and oxygen atoms in total. The van der Waals surface area contributed by atoms with Gasteiger partial charge in [0.2, 0.25) is 5.91 Å². The highest BCUT2D eigenvalue weighted by atomic mass is 32.1. The number of carbonyl (C=O) groups is 3. The van der Waals surface area contributed by atoms with Crippen molar-refractivity contribution in [2.75, 3.05) is 11.9 Å². The predicted octanol–water partition coefficient (Wildman–Crippen LogP) is 3.90. The Morgan fingerprint density at radius 3 is 2.66 bits per heavy atom. The van der Waals surface area contributed by atoms with Crippen LogP contribution in [0.15, 0.2) is 12.2 Å². The summed E-state index contributed by atoms with van der Waals surface area (Å²) in [5.74, 6) is -2.51. The van der Waals surface area contributed by atoms with E-state index in [0.717, 1.165) is 36.1 Å². The van der Waals surface area contributed by atoms with Crippen molar-refractivity contribution in [3.63, 3.8) is 0 Å². The fourth-order valence-electron chi connectivity index (χ4n) is 5.03. The number of amides is 1. The SMILES string of the molecule is CCCOC(=O)c1c(NC(=O)[C@H]2[C@@H](C(=O)O)[C@H]3C=C[C@@H]2C3)sc2c1CC[C@@H](C)C2. The minimum absolute atomic E-state index is 0.0498. The molecule has 0 saturated heterocycles. The Morgan fingerprint density at radius 1 is 1.24 bits per heavy atom. The molecule has 3 aliphatic carbocycles. The quantitative estimate of drug-likeness (QED) is 0.541. The fourth-order valence-corrected chi connectivity index (χ4v) is 6.44. The summed E-state index contributed by atoms with van der Waals surface area (Å²) < 4.78 is 5.40. The number of nitrogens with one attached hydrogen (secondary N) is 1. The van der Waals surface area contributed by atoms with Crippen LogP contribution in [-0.2, 0) is 27.2 Å². The van der Waals surface area contributed by atoms with Gasteiger partial charge in [-0.15, -0.1) is 11.3 Å². The maximum atomic E-state index is 13.1. The second-order valence-corrected chi connectivity index (χ2v) is 9.62. The van der Waals surface area contributed by atoms with Gasteiger partial charge < -0.3 is 15.2 Å². The van der Waals surface area contributed by atoms with Crippen molar-refractivity contribution in [3.05, 3.63) is 28.2 Å². The molecule has 0 aliphatic heterocycles. The predicted molar refractivity (Wildman–Crippen MR) is 110 cm³/mol. The second kappa shape index (κ2) is 7.94. The molecule has 156 valence electrons. The van der Waals surface area contributed by atoms with Crippen LogP contribution in [0.25, 0.3) is 0 Å². The van der Waals surface area contributed by atoms with Crippen LogP contribution in [0.4, 0.5) is 5.00 Å². The topological polar surface area (TPSA) is 92.7 Å². The van der Waals surface area contributed by atoms with Gasteiger partial charge in [-0.1, -0.05) is 26.0 Å². The lowest BCUT2D eigenvalue weighted by molar-refractivity contribution is -0.146. The number of aliphatic carboxylic acids is 1. The van der Waals surface area contributed by atoms with Gasteiger partial charge in [-0.05, 0) is 55.4 Å². The van der Waals surface area contributed by atoms with Crippen molar-refractivity contribution in [3.8, 4) is 0 Å². The normalized spacial score (nSPS) is 29.5. The Hall–Kier alpha value is -2.15. The number of esters is 1. The standard InChI is InChI=1S/C22H27NO5S/c1-3-8-28-22(27)18-14-7-4-11(2)9-15(14)29-20(18)23-19(24)16-12-5-6-13(10-12)17(16)21(25)26/h5-6,11-13,16-17H,3-4,7-10H2,1-2H3,(H,23,24)(H,25,26)/t11-,12-,13+,16-,17+/m1/s1. The molecule has 5 atom stereocenters. The molecular weight excluding hydrogens is 390 g/mol. The molecule has 2 bridgehead atoms. The molecule has 0 radical (unpaired) electrons. The Bertz CT molecular complexity index is 873. The van der Waals surface area contributed by atoms with Gasteiger partial charge in [0.15, 0.2) is 0 Å². The minimum Gasteiger partial charge on any atom is -0.481 e. The van der Waals surface area contributed by atoms with Gasteiger partial charge in [-0.2, -0.15) is 0 Å². The van der Waals surface area contributed by atoms with Crippen LogP contribution in [0.5, 0.6) is 0 Å². The molecule has 1 aromatic rings. The number of anilines is 1. The number of allylic oxidation sites excluding steroid dienone is 2. The van der Waals surface area contributed by atoms with E-state index in [1.165, 1.54) is 11.3 Å². The highest BCUT2D eigenvalue weighted by Gasteiger charge is 2.51. The van der Waals surface area contributed by atoms with Crippen LogP contribution in [-0.4, -0.2) is 29.6 Å². The fraction of sp³-hybridized carbons (Fsp3) is 0.591. The van der Waals surface area contributed by atoms with E-state index in [4.69, 9.17) is 4.74 Å². The lowest BCUT2D eigenvalue weighted by atomic mass is 9.82. The third-order valence-electron chi connectivity index (χ3n) is 6.44. The highest BCUT2D eigenvalue weighted by molar-refractivity contribution is 7.17. The van der Waals surface area contributed by atoms with E-state index < -0.39 is 23.8 Å². The van der Waals surface area contributed by atoms with Gasteiger partial charge in [-0.25, -0.2) is 4.79 Å². The van der Waals surface area contributed by atoms with Gasteiger partial charge in [-0.3, -0.25) is 9.59 Å². The summed E-state index contributed by atoms with van der Waals surface area (Å²) in [4.78, 5) is 38.8. The van der Waals surface area contributed by atoms with E-state index in [1.807, 2.05) is 19.1 Å². The maximum Gasteiger partial charge on any atom is 0.341 e. The molecule has 0 unspecified atom stereocenters. The molecule has 1 amide bonds. The summed E-state index contributed by atoms with van der Waals surface area (Å²) in [6, 6.07) is 0. The first kappa shape index (κ1) is 20.1. The largest absolute Gasteiger partial charge is 0.481 e. The van der Waals surface area contributed by atoms with Crippen molar-refractivity contribution in [1.29, 1.82) is 0 Å². The summed E-state index contributed by atoms with van der Waals surface area (Å²) in [6.45, 7) is 4.47. The van der Waals surface area contributed by atoms with Crippen LogP contribution >= 0.6 is 11.3 Å². The van der Waals surface area contributed by atoms with Crippen molar-refractivity contribution in [2.24, 2.45) is 29.6 Å². The lowest BCUT2D eigenvalue weighted by Crippen LogP contribution is -2.36. The first-order valence-electron chi connectivity index (χ1n) is 10.4. The molecule has 1 saturated carbocycles. The molecule has 0 aromatic carbocycles. The average molecular weight is 418 g/mol. The molecule has 2 N–H and O–H groups in total. The summed E-state index contributed by atoms with van der Waals surface area (Å²) >= 11 is 1.45. The van der Waals surface area contributed by atoms with Crippen molar-refractivity contribution >= 4 is 34.2 Å². The third kappa shape index (κ3) is 3.61. The molecule has 29 heavy (non-hydrogen) atoms. The van der Waals surface area contributed by atoms with Gasteiger partial charge in [0, 0.05) is 4.88 Å². The van der Waals surface area contributed by atoms with E-state index >= 15 is 0 Å². The molecule has 7 heteroatoms. The van der Waals surface area contributed by atoms with Crippen molar-refractivity contribution in [2.45, 2.75) is 46.0 Å². The number of carbonyl (C=O) groups excluding carboxylic acids is 2. The molecule has 1 fully saturated rings. The smallest absolute Gasteiger partial charge is 0.341 e. The van der Waals surface area contributed by atoms with E-state index in [1.54, 1.807) is 0 Å². The lowest BCUT2D eigenvalue weighted by Gasteiger charge is -2.23. The molecule has 0 spiro atoms. The van der Waals surface area contributed by atoms with Crippen molar-refractivity contribution in [1.82, 2.24) is 0 Å². The maximum absolute atomic E-state index is 13.1. The van der Waals surface area contributed by atoms with Gasteiger partial charge >= 0.3 is 11.9 Å². The zero-order valence-electron chi connectivity index (χ0n) is 16.8. The number of carboxylic acids is 1. The molecule has 1 aromatic heterocycles. The minimum atomic E-state index is -0.927. The van der Waals surface area contributed by atoms with Gasteiger partial charge in [0.1, 0.15) is 5.00 Å².